The first kappa shape index (κ1) is 13.8. The van der Waals surface area contributed by atoms with E-state index >= 15 is 0 Å². The molecule has 0 aliphatic rings. The quantitative estimate of drug-likeness (QED) is 0.933. The van der Waals surface area contributed by atoms with Crippen LogP contribution in [0.15, 0.2) is 30.5 Å². The highest BCUT2D eigenvalue weighted by atomic mass is 35.5. The lowest BCUT2D eigenvalue weighted by Gasteiger charge is -2.17. The summed E-state index contributed by atoms with van der Waals surface area (Å²) in [4.78, 5) is 8.56. The van der Waals surface area contributed by atoms with Crippen molar-refractivity contribution in [2.75, 3.05) is 14.2 Å². The van der Waals surface area contributed by atoms with Crippen molar-refractivity contribution in [3.8, 4) is 5.75 Å². The second-order valence-corrected chi connectivity index (χ2v) is 4.55. The van der Waals surface area contributed by atoms with Gasteiger partial charge in [-0.3, -0.25) is 0 Å². The Bertz CT molecular complexity index is 574. The van der Waals surface area contributed by atoms with Crippen molar-refractivity contribution >= 4 is 11.6 Å². The summed E-state index contributed by atoms with van der Waals surface area (Å²) in [6.07, 6.45) is 1.76. The van der Waals surface area contributed by atoms with Gasteiger partial charge in [0.05, 0.1) is 23.9 Å². The van der Waals surface area contributed by atoms with Crippen LogP contribution in [0.5, 0.6) is 5.75 Å². The fourth-order valence-electron chi connectivity index (χ4n) is 1.98. The molecule has 1 heterocycles. The lowest BCUT2D eigenvalue weighted by atomic mass is 10.0. The fourth-order valence-corrected chi connectivity index (χ4v) is 2.17. The molecule has 1 aromatic heterocycles. The summed E-state index contributed by atoms with van der Waals surface area (Å²) in [6.45, 7) is 1.87. The molecule has 0 saturated heterocycles. The van der Waals surface area contributed by atoms with Crippen LogP contribution in [0.25, 0.3) is 0 Å². The number of ether oxygens (including phenoxy) is 1. The molecule has 0 amide bonds. The number of aryl methyl sites for hydroxylation is 1. The van der Waals surface area contributed by atoms with Crippen LogP contribution in [0, 0.1) is 6.92 Å². The smallest absolute Gasteiger partial charge is 0.137 e. The fraction of sp³-hybridized carbons (Fsp3) is 0.286. The lowest BCUT2D eigenvalue weighted by Crippen LogP contribution is -2.19. The molecular weight excluding hydrogens is 262 g/mol. The molecule has 1 atom stereocenters. The van der Waals surface area contributed by atoms with Gasteiger partial charge in [-0.05, 0) is 37.7 Å². The predicted molar refractivity (Wildman–Crippen MR) is 75.7 cm³/mol. The van der Waals surface area contributed by atoms with Crippen molar-refractivity contribution in [3.05, 3.63) is 52.6 Å². The van der Waals surface area contributed by atoms with E-state index in [1.807, 2.05) is 38.2 Å². The van der Waals surface area contributed by atoms with Crippen molar-refractivity contribution in [3.63, 3.8) is 0 Å². The molecule has 0 radical (unpaired) electrons. The van der Waals surface area contributed by atoms with Gasteiger partial charge >= 0.3 is 0 Å². The summed E-state index contributed by atoms with van der Waals surface area (Å²) in [6, 6.07) is 7.58. The molecule has 5 heteroatoms. The predicted octanol–water partition coefficient (Wildman–Crippen LogP) is 2.76. The largest absolute Gasteiger partial charge is 0.495 e. The first-order chi connectivity index (χ1) is 9.15. The van der Waals surface area contributed by atoms with Crippen molar-refractivity contribution in [1.29, 1.82) is 0 Å². The van der Waals surface area contributed by atoms with E-state index in [-0.39, 0.29) is 6.04 Å². The van der Waals surface area contributed by atoms with E-state index in [0.29, 0.717) is 10.8 Å². The molecule has 0 saturated carbocycles. The third kappa shape index (κ3) is 3.03. The summed E-state index contributed by atoms with van der Waals surface area (Å²) in [5.41, 5.74) is 1.96. The maximum atomic E-state index is 6.04. The van der Waals surface area contributed by atoms with E-state index in [4.69, 9.17) is 16.3 Å². The molecule has 19 heavy (non-hydrogen) atoms. The third-order valence-corrected chi connectivity index (χ3v) is 3.20. The van der Waals surface area contributed by atoms with Gasteiger partial charge in [0.1, 0.15) is 11.6 Å². The molecule has 0 aliphatic carbocycles. The zero-order valence-corrected chi connectivity index (χ0v) is 11.9. The second kappa shape index (κ2) is 5.99. The molecule has 0 spiro atoms. The van der Waals surface area contributed by atoms with Gasteiger partial charge < -0.3 is 10.1 Å². The van der Waals surface area contributed by atoms with Gasteiger partial charge in [0, 0.05) is 6.20 Å². The Hall–Kier alpha value is -1.65. The molecule has 1 aromatic carbocycles. The molecular formula is C14H16ClN3O. The maximum Gasteiger partial charge on any atom is 0.137 e. The molecule has 2 aromatic rings. The monoisotopic (exact) mass is 277 g/mol. The van der Waals surface area contributed by atoms with E-state index in [1.165, 1.54) is 0 Å². The van der Waals surface area contributed by atoms with Crippen LogP contribution >= 0.6 is 11.6 Å². The first-order valence-electron chi connectivity index (χ1n) is 5.96. The number of hydrogen-bond acceptors (Lipinski definition) is 4. The highest BCUT2D eigenvalue weighted by Gasteiger charge is 2.15. The Morgan fingerprint density at radius 1 is 1.32 bits per heavy atom. The van der Waals surface area contributed by atoms with Crippen LogP contribution in [0.3, 0.4) is 0 Å². The number of aromatic nitrogens is 2. The summed E-state index contributed by atoms with van der Waals surface area (Å²) in [7, 11) is 3.50. The van der Waals surface area contributed by atoms with Gasteiger partial charge in [-0.2, -0.15) is 0 Å². The number of halogens is 1. The summed E-state index contributed by atoms with van der Waals surface area (Å²) < 4.78 is 5.25. The van der Waals surface area contributed by atoms with Gasteiger partial charge in [-0.25, -0.2) is 9.97 Å². The van der Waals surface area contributed by atoms with Crippen molar-refractivity contribution in [1.82, 2.24) is 15.3 Å². The van der Waals surface area contributed by atoms with E-state index in [9.17, 15) is 0 Å². The molecule has 0 aliphatic heterocycles. The Morgan fingerprint density at radius 2 is 2.11 bits per heavy atom. The molecule has 4 nitrogen and oxygen atoms in total. The molecule has 100 valence electrons. The minimum Gasteiger partial charge on any atom is -0.495 e. The zero-order valence-electron chi connectivity index (χ0n) is 11.1. The molecule has 0 bridgehead atoms. The summed E-state index contributed by atoms with van der Waals surface area (Å²) in [5, 5.41) is 3.84. The zero-order chi connectivity index (χ0) is 13.8. The van der Waals surface area contributed by atoms with E-state index < -0.39 is 0 Å². The highest BCUT2D eigenvalue weighted by molar-refractivity contribution is 6.32. The van der Waals surface area contributed by atoms with Crippen molar-refractivity contribution < 1.29 is 4.74 Å². The Kier molecular flexibility index (Phi) is 4.35. The van der Waals surface area contributed by atoms with Crippen LogP contribution in [-0.4, -0.2) is 24.1 Å². The van der Waals surface area contributed by atoms with Crippen molar-refractivity contribution in [2.45, 2.75) is 13.0 Å². The summed E-state index contributed by atoms with van der Waals surface area (Å²) in [5.74, 6) is 1.41. The average molecular weight is 278 g/mol. The van der Waals surface area contributed by atoms with E-state index in [1.54, 1.807) is 13.3 Å². The third-order valence-electron chi connectivity index (χ3n) is 2.89. The Balaban J connectivity index is 2.42. The van der Waals surface area contributed by atoms with Gasteiger partial charge in [0.25, 0.3) is 0 Å². The number of methoxy groups -OCH3 is 1. The number of nitrogens with zero attached hydrogens (tertiary/aromatic N) is 2. The SMILES string of the molecule is CNC(c1ccc(Cl)c(OC)c1)c1ccnc(C)n1. The highest BCUT2D eigenvalue weighted by Crippen LogP contribution is 2.29. The van der Waals surface area contributed by atoms with E-state index in [2.05, 4.69) is 15.3 Å². The molecule has 1 N–H and O–H groups in total. The van der Waals surface area contributed by atoms with Gasteiger partial charge in [0.15, 0.2) is 0 Å². The lowest BCUT2D eigenvalue weighted by molar-refractivity contribution is 0.414. The Morgan fingerprint density at radius 3 is 2.74 bits per heavy atom. The van der Waals surface area contributed by atoms with Gasteiger partial charge in [-0.1, -0.05) is 17.7 Å². The first-order valence-corrected chi connectivity index (χ1v) is 6.33. The summed E-state index contributed by atoms with van der Waals surface area (Å²) >= 11 is 6.04. The standard InChI is InChI=1S/C14H16ClN3O/c1-9-17-7-6-12(18-9)14(16-2)10-4-5-11(15)13(8-10)19-3/h4-8,14,16H,1-3H3. The topological polar surface area (TPSA) is 47.0 Å². The minimum atomic E-state index is -0.0205. The Labute approximate surface area is 117 Å². The van der Waals surface area contributed by atoms with Crippen LogP contribution in [0.2, 0.25) is 5.02 Å². The van der Waals surface area contributed by atoms with Crippen molar-refractivity contribution in [2.24, 2.45) is 0 Å². The van der Waals surface area contributed by atoms with E-state index in [0.717, 1.165) is 17.1 Å². The van der Waals surface area contributed by atoms with Crippen LogP contribution < -0.4 is 10.1 Å². The maximum absolute atomic E-state index is 6.04. The number of nitrogens with one attached hydrogen (secondary N) is 1. The minimum absolute atomic E-state index is 0.0205. The van der Waals surface area contributed by atoms with Crippen LogP contribution in [-0.2, 0) is 0 Å². The number of benzene rings is 1. The van der Waals surface area contributed by atoms with Gasteiger partial charge in [-0.15, -0.1) is 0 Å². The normalized spacial score (nSPS) is 12.2. The van der Waals surface area contributed by atoms with Gasteiger partial charge in [0.2, 0.25) is 0 Å². The second-order valence-electron chi connectivity index (χ2n) is 4.14. The van der Waals surface area contributed by atoms with Crippen LogP contribution in [0.4, 0.5) is 0 Å². The molecule has 2 rings (SSSR count). The number of hydrogen-bond donors (Lipinski definition) is 1. The molecule has 0 fully saturated rings. The molecule has 1 unspecified atom stereocenters. The van der Waals surface area contributed by atoms with Crippen LogP contribution in [0.1, 0.15) is 23.1 Å². The average Bonchev–Trinajstić information content (AvgIpc) is 2.41. The number of rotatable bonds is 4.